The zero-order valence-electron chi connectivity index (χ0n) is 12.0. The predicted molar refractivity (Wildman–Crippen MR) is 74.1 cm³/mol. The summed E-state index contributed by atoms with van der Waals surface area (Å²) in [5.74, 6) is -4.00. The van der Waals surface area contributed by atoms with E-state index in [1.807, 2.05) is 0 Å². The third-order valence-electron chi connectivity index (χ3n) is 4.57. The maximum atomic E-state index is 13.8. The number of carbonyl (C=O) groups is 2. The van der Waals surface area contributed by atoms with Crippen LogP contribution in [-0.4, -0.2) is 35.0 Å². The first-order chi connectivity index (χ1) is 10.5. The van der Waals surface area contributed by atoms with Gasteiger partial charge < -0.3 is 10.0 Å². The summed E-state index contributed by atoms with van der Waals surface area (Å²) in [5, 5.41) is 9.06. The molecule has 1 amide bonds. The van der Waals surface area contributed by atoms with Crippen LogP contribution in [0.4, 0.5) is 8.78 Å². The van der Waals surface area contributed by atoms with Crippen molar-refractivity contribution < 1.29 is 23.5 Å². The van der Waals surface area contributed by atoms with Crippen molar-refractivity contribution in [2.45, 2.75) is 25.2 Å². The number of hydrogen-bond donors (Lipinski definition) is 1. The largest absolute Gasteiger partial charge is 0.481 e. The Bertz CT molecular complexity index is 619. The van der Waals surface area contributed by atoms with Gasteiger partial charge in [-0.2, -0.15) is 0 Å². The topological polar surface area (TPSA) is 57.6 Å². The van der Waals surface area contributed by atoms with Crippen LogP contribution >= 0.6 is 0 Å². The second-order valence-electron chi connectivity index (χ2n) is 6.05. The maximum absolute atomic E-state index is 13.8. The summed E-state index contributed by atoms with van der Waals surface area (Å²) in [7, 11) is 0. The van der Waals surface area contributed by atoms with Gasteiger partial charge in [0, 0.05) is 19.0 Å². The molecule has 0 bridgehead atoms. The van der Waals surface area contributed by atoms with E-state index in [-0.39, 0.29) is 29.9 Å². The molecule has 1 aliphatic heterocycles. The average Bonchev–Trinajstić information content (AvgIpc) is 3.29. The molecular weight excluding hydrogens is 292 g/mol. The number of aliphatic carboxylic acids is 1. The van der Waals surface area contributed by atoms with Crippen LogP contribution in [0.1, 0.15) is 30.7 Å². The standard InChI is InChI=1S/C16H17F2NO3/c17-13-5-1-4-10(14(13)18)11-7-12(11)15(20)19-6-2-3-9(8-19)16(21)22/h1,4-5,9,11-12H,2-3,6-8H2,(H,21,22)/t9-,11?,12?/m0/s1. The number of amides is 1. The molecule has 3 rings (SSSR count). The summed E-state index contributed by atoms with van der Waals surface area (Å²) in [5.41, 5.74) is 0.241. The first-order valence-electron chi connectivity index (χ1n) is 7.44. The normalized spacial score (nSPS) is 27.5. The highest BCUT2D eigenvalue weighted by atomic mass is 19.2. The van der Waals surface area contributed by atoms with Gasteiger partial charge in [0.15, 0.2) is 11.6 Å². The van der Waals surface area contributed by atoms with Crippen molar-refractivity contribution in [2.24, 2.45) is 11.8 Å². The van der Waals surface area contributed by atoms with Gasteiger partial charge in [-0.05, 0) is 36.8 Å². The number of carboxylic acid groups (broad SMARTS) is 1. The van der Waals surface area contributed by atoms with E-state index in [2.05, 4.69) is 0 Å². The fourth-order valence-corrected chi connectivity index (χ4v) is 3.23. The van der Waals surface area contributed by atoms with Crippen molar-refractivity contribution >= 4 is 11.9 Å². The highest BCUT2D eigenvalue weighted by Gasteiger charge is 2.48. The van der Waals surface area contributed by atoms with E-state index in [4.69, 9.17) is 5.11 Å². The number of likely N-dealkylation sites (tertiary alicyclic amines) is 1. The van der Waals surface area contributed by atoms with Crippen LogP contribution in [0.2, 0.25) is 0 Å². The van der Waals surface area contributed by atoms with E-state index >= 15 is 0 Å². The smallest absolute Gasteiger partial charge is 0.308 e. The summed E-state index contributed by atoms with van der Waals surface area (Å²) >= 11 is 0. The molecule has 1 N–H and O–H groups in total. The van der Waals surface area contributed by atoms with Crippen LogP contribution in [0.15, 0.2) is 18.2 Å². The lowest BCUT2D eigenvalue weighted by Crippen LogP contribution is -2.43. The molecular formula is C16H17F2NO3. The molecule has 4 nitrogen and oxygen atoms in total. The number of halogens is 2. The quantitative estimate of drug-likeness (QED) is 0.932. The molecule has 22 heavy (non-hydrogen) atoms. The Morgan fingerprint density at radius 1 is 1.27 bits per heavy atom. The lowest BCUT2D eigenvalue weighted by atomic mass is 9.97. The molecule has 0 aromatic heterocycles. The molecule has 2 aliphatic rings. The van der Waals surface area contributed by atoms with Gasteiger partial charge in [0.1, 0.15) is 0 Å². The minimum absolute atomic E-state index is 0.139. The lowest BCUT2D eigenvalue weighted by Gasteiger charge is -2.31. The van der Waals surface area contributed by atoms with E-state index in [0.717, 1.165) is 6.07 Å². The number of benzene rings is 1. The molecule has 2 fully saturated rings. The first kappa shape index (κ1) is 14.9. The van der Waals surface area contributed by atoms with Gasteiger partial charge in [-0.3, -0.25) is 9.59 Å². The highest BCUT2D eigenvalue weighted by molar-refractivity contribution is 5.84. The van der Waals surface area contributed by atoms with Crippen LogP contribution in [0, 0.1) is 23.5 Å². The summed E-state index contributed by atoms with van der Waals surface area (Å²) in [4.78, 5) is 25.0. The zero-order valence-corrected chi connectivity index (χ0v) is 12.0. The van der Waals surface area contributed by atoms with Crippen molar-refractivity contribution in [1.29, 1.82) is 0 Å². The number of hydrogen-bond acceptors (Lipinski definition) is 2. The van der Waals surface area contributed by atoms with Crippen LogP contribution in [0.5, 0.6) is 0 Å². The molecule has 1 aromatic carbocycles. The highest BCUT2D eigenvalue weighted by Crippen LogP contribution is 2.49. The predicted octanol–water partition coefficient (Wildman–Crippen LogP) is 2.39. The molecule has 1 aromatic rings. The number of nitrogens with zero attached hydrogens (tertiary/aromatic N) is 1. The Morgan fingerprint density at radius 2 is 2.05 bits per heavy atom. The lowest BCUT2D eigenvalue weighted by molar-refractivity contribution is -0.146. The van der Waals surface area contributed by atoms with Crippen molar-refractivity contribution in [2.75, 3.05) is 13.1 Å². The second kappa shape index (κ2) is 5.66. The van der Waals surface area contributed by atoms with E-state index in [0.29, 0.717) is 25.8 Å². The van der Waals surface area contributed by atoms with Crippen molar-refractivity contribution in [3.8, 4) is 0 Å². The fraction of sp³-hybridized carbons (Fsp3) is 0.500. The Hall–Kier alpha value is -1.98. The Labute approximate surface area is 126 Å². The van der Waals surface area contributed by atoms with E-state index in [9.17, 15) is 18.4 Å². The van der Waals surface area contributed by atoms with Gasteiger partial charge in [0.2, 0.25) is 5.91 Å². The summed E-state index contributed by atoms with van der Waals surface area (Å²) < 4.78 is 27.0. The first-order valence-corrected chi connectivity index (χ1v) is 7.44. The van der Waals surface area contributed by atoms with Crippen molar-refractivity contribution in [1.82, 2.24) is 4.90 Å². The Kier molecular flexibility index (Phi) is 3.85. The summed E-state index contributed by atoms with van der Waals surface area (Å²) in [6.07, 6.45) is 1.73. The minimum Gasteiger partial charge on any atom is -0.481 e. The third kappa shape index (κ3) is 2.69. The molecule has 0 spiro atoms. The van der Waals surface area contributed by atoms with Crippen LogP contribution in [-0.2, 0) is 9.59 Å². The molecule has 6 heteroatoms. The van der Waals surface area contributed by atoms with Crippen molar-refractivity contribution in [3.05, 3.63) is 35.4 Å². The fourth-order valence-electron chi connectivity index (χ4n) is 3.23. The zero-order chi connectivity index (χ0) is 15.9. The van der Waals surface area contributed by atoms with Gasteiger partial charge >= 0.3 is 5.97 Å². The number of rotatable bonds is 3. The summed E-state index contributed by atoms with van der Waals surface area (Å²) in [6, 6.07) is 4.00. The SMILES string of the molecule is O=C(O)[C@H]1CCCN(C(=O)C2CC2c2cccc(F)c2F)C1. The average molecular weight is 309 g/mol. The number of carbonyl (C=O) groups excluding carboxylic acids is 1. The molecule has 2 unspecified atom stereocenters. The Balaban J connectivity index is 1.68. The molecule has 1 saturated heterocycles. The van der Waals surface area contributed by atoms with E-state index in [1.165, 1.54) is 12.1 Å². The third-order valence-corrected chi connectivity index (χ3v) is 4.57. The Morgan fingerprint density at radius 3 is 2.77 bits per heavy atom. The van der Waals surface area contributed by atoms with E-state index in [1.54, 1.807) is 4.90 Å². The van der Waals surface area contributed by atoms with Gasteiger partial charge in [-0.15, -0.1) is 0 Å². The minimum atomic E-state index is -0.903. The van der Waals surface area contributed by atoms with E-state index < -0.39 is 23.5 Å². The van der Waals surface area contributed by atoms with Crippen LogP contribution in [0.25, 0.3) is 0 Å². The molecule has 118 valence electrons. The molecule has 1 saturated carbocycles. The van der Waals surface area contributed by atoms with Crippen LogP contribution in [0.3, 0.4) is 0 Å². The maximum Gasteiger partial charge on any atom is 0.308 e. The van der Waals surface area contributed by atoms with Crippen LogP contribution < -0.4 is 0 Å². The summed E-state index contributed by atoms with van der Waals surface area (Å²) in [6.45, 7) is 0.750. The van der Waals surface area contributed by atoms with Crippen molar-refractivity contribution in [3.63, 3.8) is 0 Å². The molecule has 1 aliphatic carbocycles. The monoisotopic (exact) mass is 309 g/mol. The van der Waals surface area contributed by atoms with Gasteiger partial charge in [0.05, 0.1) is 5.92 Å². The number of carboxylic acids is 1. The molecule has 1 heterocycles. The van der Waals surface area contributed by atoms with Gasteiger partial charge in [-0.25, -0.2) is 8.78 Å². The second-order valence-corrected chi connectivity index (χ2v) is 6.05. The van der Waals surface area contributed by atoms with Gasteiger partial charge in [-0.1, -0.05) is 12.1 Å². The number of piperidine rings is 1. The molecule has 3 atom stereocenters. The molecule has 0 radical (unpaired) electrons. The van der Waals surface area contributed by atoms with Gasteiger partial charge in [0.25, 0.3) is 0 Å².